The van der Waals surface area contributed by atoms with Gasteiger partial charge in [-0.05, 0) is 0 Å². The molecule has 0 heterocycles. The number of rotatable bonds is 4. The van der Waals surface area contributed by atoms with Crippen LogP contribution >= 0.6 is 0 Å². The van der Waals surface area contributed by atoms with Gasteiger partial charge >= 0.3 is 246 Å². The molecular formula is C39H48Zr. The Kier molecular flexibility index (Phi) is 6.63. The van der Waals surface area contributed by atoms with Crippen molar-refractivity contribution in [3.63, 3.8) is 0 Å². The Morgan fingerprint density at radius 2 is 1.18 bits per heavy atom. The van der Waals surface area contributed by atoms with Gasteiger partial charge in [-0.1, -0.05) is 0 Å². The van der Waals surface area contributed by atoms with Gasteiger partial charge in [0.05, 0.1) is 0 Å². The number of allylic oxidation sites excluding steroid dienone is 4. The van der Waals surface area contributed by atoms with Crippen LogP contribution in [-0.2, 0) is 29.1 Å². The average molecular weight is 608 g/mol. The molecule has 0 spiro atoms. The Morgan fingerprint density at radius 1 is 0.675 bits per heavy atom. The van der Waals surface area contributed by atoms with E-state index < -0.39 is 18.3 Å². The van der Waals surface area contributed by atoms with Crippen molar-refractivity contribution in [3.05, 3.63) is 119 Å². The van der Waals surface area contributed by atoms with E-state index in [0.717, 1.165) is 0 Å². The zero-order valence-electron chi connectivity index (χ0n) is 26.0. The Hall–Kier alpha value is -2.11. The van der Waals surface area contributed by atoms with Crippen molar-refractivity contribution in [1.29, 1.82) is 0 Å². The monoisotopic (exact) mass is 606 g/mol. The number of hydrogen-bond donors (Lipinski definition) is 0. The average Bonchev–Trinajstić information content (AvgIpc) is 3.52. The van der Waals surface area contributed by atoms with Crippen molar-refractivity contribution in [1.82, 2.24) is 0 Å². The second kappa shape index (κ2) is 9.46. The maximum atomic E-state index is 2.84. The third kappa shape index (κ3) is 4.29. The Labute approximate surface area is 244 Å². The molecule has 0 nitrogen and oxygen atoms in total. The minimum atomic E-state index is -4.03. The fourth-order valence-electron chi connectivity index (χ4n) is 8.35. The molecule has 3 aromatic carbocycles. The SMILES string of the molecule is CC(C)(C)c1ccc2c(c1)[CH]([Zr]([CH3])([CH3])(=[C](c1ccccc1)C1CCC1)[CH]1C=CC=C1)c1cc(C(C)(C)C)ccc1-2. The quantitative estimate of drug-likeness (QED) is 0.277. The van der Waals surface area contributed by atoms with Crippen molar-refractivity contribution in [2.24, 2.45) is 5.92 Å². The van der Waals surface area contributed by atoms with Crippen LogP contribution in [0.3, 0.4) is 0 Å². The summed E-state index contributed by atoms with van der Waals surface area (Å²) < 4.78 is 8.50. The standard InChI is InChI=1S/C21H25.C11H12.C5H5.2CH3.Zr/c1-20(2,3)16-7-9-18-14(12-16)11-15-13-17(21(4,5)6)8-10-19(15)18;1-2-5-10(6-3-1)9-11-7-4-8-11;1-2-4-5-3-1;;;/h7-13H,1-6H3;1-3,5-6,11H,4,7-8H2;1-5H;2*1H3;. The van der Waals surface area contributed by atoms with Gasteiger partial charge in [-0.25, -0.2) is 0 Å². The molecule has 40 heavy (non-hydrogen) atoms. The zero-order chi connectivity index (χ0) is 28.5. The van der Waals surface area contributed by atoms with Crippen LogP contribution in [0.5, 0.6) is 0 Å². The maximum absolute atomic E-state index is 4.03. The Morgan fingerprint density at radius 3 is 1.60 bits per heavy atom. The van der Waals surface area contributed by atoms with E-state index >= 15 is 0 Å². The predicted octanol–water partition coefficient (Wildman–Crippen LogP) is 11.1. The van der Waals surface area contributed by atoms with E-state index in [1.54, 1.807) is 11.1 Å². The molecule has 0 aliphatic heterocycles. The molecule has 0 amide bonds. The molecule has 0 saturated heterocycles. The van der Waals surface area contributed by atoms with E-state index in [1.807, 2.05) is 3.21 Å². The molecule has 0 N–H and O–H groups in total. The molecule has 0 unspecified atom stereocenters. The molecular weight excluding hydrogens is 560 g/mol. The van der Waals surface area contributed by atoms with Gasteiger partial charge in [0.2, 0.25) is 0 Å². The summed E-state index contributed by atoms with van der Waals surface area (Å²) in [5.41, 5.74) is 10.8. The van der Waals surface area contributed by atoms with Crippen molar-refractivity contribution in [3.8, 4) is 11.1 Å². The zero-order valence-corrected chi connectivity index (χ0v) is 28.5. The number of benzene rings is 3. The van der Waals surface area contributed by atoms with Crippen LogP contribution in [0.1, 0.15) is 92.2 Å². The molecule has 3 aliphatic carbocycles. The molecule has 0 aromatic heterocycles. The van der Waals surface area contributed by atoms with Crippen LogP contribution in [0.25, 0.3) is 11.1 Å². The van der Waals surface area contributed by atoms with Gasteiger partial charge in [-0.15, -0.1) is 0 Å². The summed E-state index contributed by atoms with van der Waals surface area (Å²) in [6, 6.07) is 26.6. The first kappa shape index (κ1) is 28.0. The van der Waals surface area contributed by atoms with E-state index in [-0.39, 0.29) is 10.8 Å². The van der Waals surface area contributed by atoms with Crippen molar-refractivity contribution >= 4 is 3.21 Å². The van der Waals surface area contributed by atoms with Crippen LogP contribution in [0.2, 0.25) is 12.9 Å². The van der Waals surface area contributed by atoms with Gasteiger partial charge < -0.3 is 0 Å². The van der Waals surface area contributed by atoms with Crippen LogP contribution < -0.4 is 0 Å². The van der Waals surface area contributed by atoms with Crippen molar-refractivity contribution < 1.29 is 18.3 Å². The van der Waals surface area contributed by atoms with E-state index in [2.05, 4.69) is 142 Å². The molecule has 0 bridgehead atoms. The van der Waals surface area contributed by atoms with E-state index in [4.69, 9.17) is 0 Å². The number of fused-ring (bicyclic) bond motifs is 3. The van der Waals surface area contributed by atoms with Gasteiger partial charge in [0.15, 0.2) is 0 Å². The van der Waals surface area contributed by atoms with Crippen LogP contribution in [0.4, 0.5) is 0 Å². The molecule has 0 radical (unpaired) electrons. The third-order valence-electron chi connectivity index (χ3n) is 10.9. The van der Waals surface area contributed by atoms with Gasteiger partial charge in [0.1, 0.15) is 0 Å². The topological polar surface area (TPSA) is 0 Å². The van der Waals surface area contributed by atoms with Crippen molar-refractivity contribution in [2.75, 3.05) is 0 Å². The van der Waals surface area contributed by atoms with Gasteiger partial charge in [0.25, 0.3) is 0 Å². The van der Waals surface area contributed by atoms with Crippen LogP contribution in [0.15, 0.2) is 91.0 Å². The van der Waals surface area contributed by atoms with Gasteiger partial charge in [-0.2, -0.15) is 0 Å². The Balaban J connectivity index is 1.78. The molecule has 1 saturated carbocycles. The summed E-state index contributed by atoms with van der Waals surface area (Å²) >= 11 is -4.03. The first-order chi connectivity index (χ1) is 18.8. The molecule has 3 aliphatic rings. The van der Waals surface area contributed by atoms with E-state index in [9.17, 15) is 0 Å². The van der Waals surface area contributed by atoms with Crippen LogP contribution in [-0.4, -0.2) is 3.21 Å². The molecule has 1 heteroatoms. The Bertz CT molecular complexity index is 1510. The molecule has 6 rings (SSSR count). The van der Waals surface area contributed by atoms with Gasteiger partial charge in [0, 0.05) is 0 Å². The first-order valence-electron chi connectivity index (χ1n) is 15.6. The fraction of sp³-hybridized carbons (Fsp3) is 0.410. The summed E-state index contributed by atoms with van der Waals surface area (Å²) in [5, 5.41) is 0. The minimum absolute atomic E-state index is 0.116. The molecule has 208 valence electrons. The van der Waals surface area contributed by atoms with Crippen LogP contribution in [0, 0.1) is 5.92 Å². The third-order valence-corrected chi connectivity index (χ3v) is 28.6. The van der Waals surface area contributed by atoms with Gasteiger partial charge in [-0.3, -0.25) is 0 Å². The predicted molar refractivity (Wildman–Crippen MR) is 173 cm³/mol. The number of hydrogen-bond acceptors (Lipinski definition) is 0. The molecule has 3 aromatic rings. The fourth-order valence-corrected chi connectivity index (χ4v) is 26.8. The summed E-state index contributed by atoms with van der Waals surface area (Å²) in [6.07, 6.45) is 13.9. The molecule has 0 atom stereocenters. The van der Waals surface area contributed by atoms with E-state index in [1.165, 1.54) is 47.1 Å². The van der Waals surface area contributed by atoms with E-state index in [0.29, 0.717) is 13.2 Å². The summed E-state index contributed by atoms with van der Waals surface area (Å²) in [5.74, 6) is 0.703. The first-order valence-corrected chi connectivity index (χ1v) is 24.5. The summed E-state index contributed by atoms with van der Waals surface area (Å²) in [4.78, 5) is 0. The molecule has 1 fully saturated rings. The second-order valence-corrected chi connectivity index (χ2v) is 33.1. The summed E-state index contributed by atoms with van der Waals surface area (Å²) in [6.45, 7) is 14.2. The summed E-state index contributed by atoms with van der Waals surface area (Å²) in [7, 11) is 0. The normalized spacial score (nSPS) is 18.1. The van der Waals surface area contributed by atoms with Crippen molar-refractivity contribution in [2.45, 2.75) is 88.1 Å². The second-order valence-electron chi connectivity index (χ2n) is 15.9.